The molecule has 4 unspecified atom stereocenters. The minimum atomic E-state index is -0.558. The largest absolute Gasteiger partial charge is 0.326 e. The number of nitrogens with one attached hydrogen (secondary N) is 1. The average molecular weight is 382 g/mol. The van der Waals surface area contributed by atoms with Gasteiger partial charge in [-0.15, -0.1) is 0 Å². The number of nitrogens with two attached hydrogens (primary N) is 1. The summed E-state index contributed by atoms with van der Waals surface area (Å²) in [7, 11) is 0. The zero-order chi connectivity index (χ0) is 19.4. The van der Waals surface area contributed by atoms with Gasteiger partial charge in [-0.3, -0.25) is 24.6 Å². The van der Waals surface area contributed by atoms with Gasteiger partial charge in [-0.25, -0.2) is 0 Å². The maximum atomic E-state index is 13.0. The van der Waals surface area contributed by atoms with E-state index in [1.54, 1.807) is 4.90 Å². The molecule has 0 radical (unpaired) electrons. The first-order chi connectivity index (χ1) is 13.5. The first-order valence-corrected chi connectivity index (χ1v) is 10.3. The zero-order valence-corrected chi connectivity index (χ0v) is 15.9. The van der Waals surface area contributed by atoms with Crippen molar-refractivity contribution in [3.05, 3.63) is 34.9 Å². The Hall–Kier alpha value is -2.25. The van der Waals surface area contributed by atoms with Gasteiger partial charge >= 0.3 is 0 Å². The van der Waals surface area contributed by atoms with E-state index in [1.807, 2.05) is 12.1 Å². The van der Waals surface area contributed by atoms with Crippen LogP contribution in [-0.2, 0) is 22.7 Å². The van der Waals surface area contributed by atoms with Crippen molar-refractivity contribution in [3.8, 4) is 0 Å². The number of rotatable bonds is 3. The van der Waals surface area contributed by atoms with Crippen LogP contribution in [0.4, 0.5) is 0 Å². The van der Waals surface area contributed by atoms with Gasteiger partial charge in [-0.1, -0.05) is 18.6 Å². The van der Waals surface area contributed by atoms with Gasteiger partial charge in [-0.05, 0) is 48.9 Å². The third-order valence-corrected chi connectivity index (χ3v) is 6.82. The van der Waals surface area contributed by atoms with Crippen molar-refractivity contribution >= 4 is 17.7 Å². The van der Waals surface area contributed by atoms with Crippen LogP contribution in [0.5, 0.6) is 0 Å². The van der Waals surface area contributed by atoms with E-state index in [0.29, 0.717) is 36.5 Å². The van der Waals surface area contributed by atoms with Gasteiger partial charge in [0.05, 0.1) is 0 Å². The second kappa shape index (κ2) is 6.67. The highest BCUT2D eigenvalue weighted by molar-refractivity contribution is 6.05. The molecular weight excluding hydrogens is 356 g/mol. The Morgan fingerprint density at radius 1 is 1.14 bits per heavy atom. The number of hydrogen-bond acceptors (Lipinski definition) is 5. The molecule has 5 rings (SSSR count). The van der Waals surface area contributed by atoms with E-state index in [9.17, 15) is 14.4 Å². The van der Waals surface area contributed by atoms with Gasteiger partial charge in [-0.2, -0.15) is 0 Å². The molecule has 4 aliphatic rings. The summed E-state index contributed by atoms with van der Waals surface area (Å²) in [5.74, 6) is -0.109. The molecule has 3 aliphatic heterocycles. The molecule has 0 aromatic heterocycles. The molecule has 3 heterocycles. The molecule has 3 N–H and O–H groups in total. The first-order valence-electron chi connectivity index (χ1n) is 10.3. The molecule has 0 spiro atoms. The molecule has 7 nitrogen and oxygen atoms in total. The number of nitrogens with zero attached hydrogens (tertiary/aromatic N) is 2. The van der Waals surface area contributed by atoms with Gasteiger partial charge in [0.15, 0.2) is 0 Å². The zero-order valence-electron chi connectivity index (χ0n) is 15.9. The van der Waals surface area contributed by atoms with E-state index < -0.39 is 6.04 Å². The minimum absolute atomic E-state index is 0.108. The lowest BCUT2D eigenvalue weighted by atomic mass is 10.0. The topological polar surface area (TPSA) is 95.7 Å². The molecule has 7 heteroatoms. The molecule has 0 bridgehead atoms. The van der Waals surface area contributed by atoms with Gasteiger partial charge in [0.2, 0.25) is 11.8 Å². The smallest absolute Gasteiger partial charge is 0.255 e. The van der Waals surface area contributed by atoms with E-state index in [4.69, 9.17) is 5.73 Å². The van der Waals surface area contributed by atoms with E-state index >= 15 is 0 Å². The van der Waals surface area contributed by atoms with Crippen LogP contribution in [-0.4, -0.2) is 52.2 Å². The van der Waals surface area contributed by atoms with Crippen molar-refractivity contribution in [1.82, 2.24) is 15.1 Å². The van der Waals surface area contributed by atoms with Crippen LogP contribution >= 0.6 is 0 Å². The summed E-state index contributed by atoms with van der Waals surface area (Å²) in [5.41, 5.74) is 9.02. The van der Waals surface area contributed by atoms with Gasteiger partial charge in [0.1, 0.15) is 6.04 Å². The van der Waals surface area contributed by atoms with Crippen LogP contribution in [0.1, 0.15) is 53.6 Å². The molecule has 1 aromatic rings. The lowest BCUT2D eigenvalue weighted by molar-refractivity contribution is -0.136. The molecule has 1 aliphatic carbocycles. The number of carbonyl (C=O) groups excluding carboxylic acids is 3. The number of imide groups is 1. The molecule has 1 aromatic carbocycles. The molecule has 3 fully saturated rings. The lowest BCUT2D eigenvalue weighted by Gasteiger charge is -2.29. The molecule has 28 heavy (non-hydrogen) atoms. The van der Waals surface area contributed by atoms with Crippen LogP contribution in [0.2, 0.25) is 0 Å². The second-order valence-corrected chi connectivity index (χ2v) is 8.59. The predicted molar refractivity (Wildman–Crippen MR) is 102 cm³/mol. The number of piperidine rings is 1. The summed E-state index contributed by atoms with van der Waals surface area (Å²) in [5, 5.41) is 2.35. The van der Waals surface area contributed by atoms with E-state index in [2.05, 4.69) is 16.3 Å². The molecule has 3 amide bonds. The summed E-state index contributed by atoms with van der Waals surface area (Å²) < 4.78 is 0. The van der Waals surface area contributed by atoms with Crippen LogP contribution < -0.4 is 11.1 Å². The summed E-state index contributed by atoms with van der Waals surface area (Å²) in [6.45, 7) is 2.30. The quantitative estimate of drug-likeness (QED) is 0.753. The second-order valence-electron chi connectivity index (χ2n) is 8.59. The highest BCUT2D eigenvalue weighted by Gasteiger charge is 2.51. The Morgan fingerprint density at radius 3 is 2.82 bits per heavy atom. The summed E-state index contributed by atoms with van der Waals surface area (Å²) in [6.07, 6.45) is 4.35. The van der Waals surface area contributed by atoms with Crippen molar-refractivity contribution in [3.63, 3.8) is 0 Å². The SMILES string of the molecule is NC1C2CCCCN(Cc3ccc4c(c3)C(=O)N(C3CCC(=O)NC3=O)C4)C12. The third kappa shape index (κ3) is 2.93. The van der Waals surface area contributed by atoms with Crippen molar-refractivity contribution in [2.45, 2.75) is 63.3 Å². The molecule has 2 saturated heterocycles. The number of likely N-dealkylation sites (tertiary alicyclic amines) is 1. The van der Waals surface area contributed by atoms with Crippen molar-refractivity contribution in [2.75, 3.05) is 6.54 Å². The standard InChI is InChI=1S/C21H26N4O3/c22-18-14-3-1-2-8-24(19(14)18)10-12-4-5-13-11-25(21(28)15(13)9-12)16-6-7-17(26)23-20(16)27/h4-5,9,14,16,18-19H,1-3,6-8,10-11,22H2,(H,23,26,27). The average Bonchev–Trinajstić information content (AvgIpc) is 3.27. The predicted octanol–water partition coefficient (Wildman–Crippen LogP) is 0.759. The van der Waals surface area contributed by atoms with E-state index in [-0.39, 0.29) is 24.1 Å². The van der Waals surface area contributed by atoms with Crippen LogP contribution in [0.3, 0.4) is 0 Å². The summed E-state index contributed by atoms with van der Waals surface area (Å²) in [4.78, 5) is 40.6. The van der Waals surface area contributed by atoms with E-state index in [1.165, 1.54) is 19.3 Å². The number of amides is 3. The fourth-order valence-corrected chi connectivity index (χ4v) is 5.22. The summed E-state index contributed by atoms with van der Waals surface area (Å²) in [6, 6.07) is 6.30. The number of hydrogen-bond donors (Lipinski definition) is 2. The molecule has 1 saturated carbocycles. The Kier molecular flexibility index (Phi) is 4.25. The van der Waals surface area contributed by atoms with Gasteiger partial charge < -0.3 is 10.6 Å². The van der Waals surface area contributed by atoms with Gasteiger partial charge in [0, 0.05) is 37.2 Å². The van der Waals surface area contributed by atoms with Crippen LogP contribution in [0, 0.1) is 5.92 Å². The maximum Gasteiger partial charge on any atom is 0.255 e. The number of benzene rings is 1. The van der Waals surface area contributed by atoms with Crippen LogP contribution in [0.15, 0.2) is 18.2 Å². The molecule has 148 valence electrons. The lowest BCUT2D eigenvalue weighted by Crippen LogP contribution is -2.52. The Labute approximate surface area is 164 Å². The van der Waals surface area contributed by atoms with Crippen LogP contribution in [0.25, 0.3) is 0 Å². The summed E-state index contributed by atoms with van der Waals surface area (Å²) >= 11 is 0. The first kappa shape index (κ1) is 17.8. The highest BCUT2D eigenvalue weighted by atomic mass is 16.2. The van der Waals surface area contributed by atoms with Crippen molar-refractivity contribution in [1.29, 1.82) is 0 Å². The van der Waals surface area contributed by atoms with Crippen molar-refractivity contribution < 1.29 is 14.4 Å². The fraction of sp³-hybridized carbons (Fsp3) is 0.571. The Balaban J connectivity index is 1.32. The number of fused-ring (bicyclic) bond motifs is 2. The number of carbonyl (C=O) groups is 3. The van der Waals surface area contributed by atoms with Crippen molar-refractivity contribution in [2.24, 2.45) is 11.7 Å². The Morgan fingerprint density at radius 2 is 2.00 bits per heavy atom. The third-order valence-electron chi connectivity index (χ3n) is 6.82. The fourth-order valence-electron chi connectivity index (χ4n) is 5.22. The van der Waals surface area contributed by atoms with E-state index in [0.717, 1.165) is 24.2 Å². The highest BCUT2D eigenvalue weighted by Crippen LogP contribution is 2.41. The minimum Gasteiger partial charge on any atom is -0.326 e. The Bertz CT molecular complexity index is 854. The monoisotopic (exact) mass is 382 g/mol. The molecular formula is C21H26N4O3. The maximum absolute atomic E-state index is 13.0. The molecule has 4 atom stereocenters. The normalized spacial score (nSPS) is 32.6. The van der Waals surface area contributed by atoms with Gasteiger partial charge in [0.25, 0.3) is 5.91 Å².